The Hall–Kier alpha value is -2.42. The quantitative estimate of drug-likeness (QED) is 0.845. The Bertz CT molecular complexity index is 815. The molecule has 0 bridgehead atoms. The second kappa shape index (κ2) is 6.47. The summed E-state index contributed by atoms with van der Waals surface area (Å²) < 4.78 is 38.3. The van der Waals surface area contributed by atoms with E-state index in [4.69, 9.17) is 5.11 Å². The van der Waals surface area contributed by atoms with Crippen LogP contribution in [0, 0.1) is 5.92 Å². The number of hydrogen-bond donors (Lipinski definition) is 2. The van der Waals surface area contributed by atoms with Gasteiger partial charge in [0.1, 0.15) is 16.7 Å². The zero-order chi connectivity index (χ0) is 18.2. The summed E-state index contributed by atoms with van der Waals surface area (Å²) in [6.07, 6.45) is -2.99. The van der Waals surface area contributed by atoms with Crippen molar-refractivity contribution >= 4 is 23.2 Å². The molecule has 132 valence electrons. The molecule has 0 aliphatic heterocycles. The molecule has 25 heavy (non-hydrogen) atoms. The van der Waals surface area contributed by atoms with Crippen molar-refractivity contribution in [3.05, 3.63) is 40.9 Å². The summed E-state index contributed by atoms with van der Waals surface area (Å²) in [6.45, 7) is 0. The summed E-state index contributed by atoms with van der Waals surface area (Å²) in [4.78, 5) is 27.4. The number of halogens is 3. The van der Waals surface area contributed by atoms with Gasteiger partial charge in [0.2, 0.25) is 0 Å². The zero-order valence-corrected chi connectivity index (χ0v) is 13.5. The van der Waals surface area contributed by atoms with Crippen LogP contribution in [0.3, 0.4) is 0 Å². The van der Waals surface area contributed by atoms with E-state index in [0.717, 1.165) is 36.3 Å². The highest BCUT2D eigenvalue weighted by Crippen LogP contribution is 2.34. The van der Waals surface area contributed by atoms with E-state index in [1.165, 1.54) is 17.5 Å². The van der Waals surface area contributed by atoms with Crippen molar-refractivity contribution in [2.24, 2.45) is 5.92 Å². The number of carbonyl (C=O) groups is 2. The largest absolute Gasteiger partial charge is 0.480 e. The molecule has 0 saturated heterocycles. The molecular weight excluding hydrogens is 357 g/mol. The first-order valence-corrected chi connectivity index (χ1v) is 8.30. The van der Waals surface area contributed by atoms with Gasteiger partial charge in [0.05, 0.1) is 5.56 Å². The molecule has 1 aliphatic carbocycles. The lowest BCUT2D eigenvalue weighted by atomic mass is 10.1. The molecule has 1 aromatic carbocycles. The SMILES string of the molecule is O=C(NC(C(=O)O)C1CC1)c1csc(-c2cccc(C(F)(F)F)c2)n1. The number of thiazole rings is 1. The van der Waals surface area contributed by atoms with Crippen LogP contribution in [0.15, 0.2) is 29.6 Å². The maximum Gasteiger partial charge on any atom is 0.416 e. The normalized spacial score (nSPS) is 15.6. The van der Waals surface area contributed by atoms with Gasteiger partial charge in [-0.3, -0.25) is 4.79 Å². The van der Waals surface area contributed by atoms with E-state index in [1.807, 2.05) is 0 Å². The number of carbonyl (C=O) groups excluding carboxylic acids is 1. The van der Waals surface area contributed by atoms with Crippen molar-refractivity contribution in [2.75, 3.05) is 0 Å². The fourth-order valence-electron chi connectivity index (χ4n) is 2.37. The van der Waals surface area contributed by atoms with E-state index < -0.39 is 29.7 Å². The molecule has 2 N–H and O–H groups in total. The molecule has 9 heteroatoms. The van der Waals surface area contributed by atoms with Crippen molar-refractivity contribution < 1.29 is 27.9 Å². The molecule has 1 aromatic heterocycles. The number of amides is 1. The lowest BCUT2D eigenvalue weighted by Crippen LogP contribution is -2.42. The lowest BCUT2D eigenvalue weighted by Gasteiger charge is -2.12. The molecule has 0 spiro atoms. The van der Waals surface area contributed by atoms with E-state index >= 15 is 0 Å². The number of rotatable bonds is 5. The molecule has 1 atom stereocenters. The minimum absolute atomic E-state index is 0.00990. The third-order valence-electron chi connectivity index (χ3n) is 3.82. The second-order valence-electron chi connectivity index (χ2n) is 5.74. The minimum atomic E-state index is -4.47. The predicted octanol–water partition coefficient (Wildman–Crippen LogP) is 3.42. The lowest BCUT2D eigenvalue weighted by molar-refractivity contribution is -0.140. The fourth-order valence-corrected chi connectivity index (χ4v) is 3.16. The van der Waals surface area contributed by atoms with Gasteiger partial charge < -0.3 is 10.4 Å². The van der Waals surface area contributed by atoms with E-state index in [1.54, 1.807) is 0 Å². The van der Waals surface area contributed by atoms with Crippen LogP contribution >= 0.6 is 11.3 Å². The van der Waals surface area contributed by atoms with Crippen LogP contribution in [0.25, 0.3) is 10.6 Å². The third kappa shape index (κ3) is 3.98. The first-order chi connectivity index (χ1) is 11.8. The smallest absolute Gasteiger partial charge is 0.416 e. The number of carboxylic acid groups (broad SMARTS) is 1. The zero-order valence-electron chi connectivity index (χ0n) is 12.7. The number of aliphatic carboxylic acids is 1. The molecule has 5 nitrogen and oxygen atoms in total. The Morgan fingerprint density at radius 2 is 2.04 bits per heavy atom. The fraction of sp³-hybridized carbons (Fsp3) is 0.312. The topological polar surface area (TPSA) is 79.3 Å². The summed E-state index contributed by atoms with van der Waals surface area (Å²) in [5, 5.41) is 13.2. The van der Waals surface area contributed by atoms with Gasteiger partial charge in [-0.25, -0.2) is 9.78 Å². The van der Waals surface area contributed by atoms with Crippen LogP contribution in [-0.2, 0) is 11.0 Å². The van der Waals surface area contributed by atoms with Crippen molar-refractivity contribution in [3.8, 4) is 10.6 Å². The van der Waals surface area contributed by atoms with Crippen LogP contribution in [0.2, 0.25) is 0 Å². The van der Waals surface area contributed by atoms with Crippen molar-refractivity contribution in [1.29, 1.82) is 0 Å². The molecule has 1 fully saturated rings. The van der Waals surface area contributed by atoms with Gasteiger partial charge in [0, 0.05) is 10.9 Å². The van der Waals surface area contributed by atoms with Crippen molar-refractivity contribution in [1.82, 2.24) is 10.3 Å². The molecule has 2 aromatic rings. The van der Waals surface area contributed by atoms with E-state index in [9.17, 15) is 22.8 Å². The van der Waals surface area contributed by atoms with Gasteiger partial charge in [-0.2, -0.15) is 13.2 Å². The summed E-state index contributed by atoms with van der Waals surface area (Å²) in [5.74, 6) is -1.83. The minimum Gasteiger partial charge on any atom is -0.480 e. The summed E-state index contributed by atoms with van der Waals surface area (Å²) >= 11 is 1.02. The number of hydrogen-bond acceptors (Lipinski definition) is 4. The van der Waals surface area contributed by atoms with Crippen LogP contribution in [-0.4, -0.2) is 28.0 Å². The Kier molecular flexibility index (Phi) is 4.51. The Morgan fingerprint density at radius 3 is 2.64 bits per heavy atom. The summed E-state index contributed by atoms with van der Waals surface area (Å²) in [5.41, 5.74) is -0.564. The maximum atomic E-state index is 12.8. The second-order valence-corrected chi connectivity index (χ2v) is 6.60. The number of nitrogens with zero attached hydrogens (tertiary/aromatic N) is 1. The molecule has 1 saturated carbocycles. The van der Waals surface area contributed by atoms with Gasteiger partial charge in [-0.05, 0) is 30.9 Å². The first kappa shape index (κ1) is 17.4. The van der Waals surface area contributed by atoms with E-state index in [0.29, 0.717) is 0 Å². The van der Waals surface area contributed by atoms with Gasteiger partial charge >= 0.3 is 12.1 Å². The van der Waals surface area contributed by atoms with Crippen LogP contribution in [0.1, 0.15) is 28.9 Å². The summed E-state index contributed by atoms with van der Waals surface area (Å²) in [7, 11) is 0. The Balaban J connectivity index is 1.78. The van der Waals surface area contributed by atoms with Crippen LogP contribution in [0.5, 0.6) is 0 Å². The predicted molar refractivity (Wildman–Crippen MR) is 84.2 cm³/mol. The van der Waals surface area contributed by atoms with E-state index in [-0.39, 0.29) is 22.2 Å². The summed E-state index contributed by atoms with van der Waals surface area (Å²) in [6, 6.07) is 3.70. The average molecular weight is 370 g/mol. The number of carboxylic acids is 1. The molecule has 1 unspecified atom stereocenters. The van der Waals surface area contributed by atoms with Gasteiger partial charge in [0.25, 0.3) is 5.91 Å². The Labute approximate surface area is 144 Å². The van der Waals surface area contributed by atoms with Gasteiger partial charge in [0.15, 0.2) is 0 Å². The maximum absolute atomic E-state index is 12.8. The monoisotopic (exact) mass is 370 g/mol. The molecular formula is C16H13F3N2O3S. The standard InChI is InChI=1S/C16H13F3N2O3S/c17-16(18,19)10-3-1-2-9(6-10)14-20-11(7-25-14)13(22)21-12(15(23)24)8-4-5-8/h1-3,6-8,12H,4-5H2,(H,21,22)(H,23,24). The van der Waals surface area contributed by atoms with Crippen LogP contribution < -0.4 is 5.32 Å². The van der Waals surface area contributed by atoms with E-state index in [2.05, 4.69) is 10.3 Å². The Morgan fingerprint density at radius 1 is 1.32 bits per heavy atom. The molecule has 1 amide bonds. The van der Waals surface area contributed by atoms with Gasteiger partial charge in [-0.15, -0.1) is 11.3 Å². The molecule has 3 rings (SSSR count). The number of aromatic nitrogens is 1. The average Bonchev–Trinajstić information content (AvgIpc) is 3.26. The van der Waals surface area contributed by atoms with Gasteiger partial charge in [-0.1, -0.05) is 12.1 Å². The number of alkyl halides is 3. The third-order valence-corrected chi connectivity index (χ3v) is 4.71. The van der Waals surface area contributed by atoms with Crippen molar-refractivity contribution in [2.45, 2.75) is 25.1 Å². The highest BCUT2D eigenvalue weighted by Gasteiger charge is 2.37. The number of benzene rings is 1. The highest BCUT2D eigenvalue weighted by atomic mass is 32.1. The van der Waals surface area contributed by atoms with Crippen LogP contribution in [0.4, 0.5) is 13.2 Å². The molecule has 1 aliphatic rings. The first-order valence-electron chi connectivity index (χ1n) is 7.42. The van der Waals surface area contributed by atoms with Crippen molar-refractivity contribution in [3.63, 3.8) is 0 Å². The molecule has 0 radical (unpaired) electrons. The highest BCUT2D eigenvalue weighted by molar-refractivity contribution is 7.13. The molecule has 1 heterocycles. The number of nitrogens with one attached hydrogen (secondary N) is 1.